The Labute approximate surface area is 131 Å². The first kappa shape index (κ1) is 14.3. The van der Waals surface area contributed by atoms with E-state index in [1.807, 2.05) is 18.2 Å². The van der Waals surface area contributed by atoms with Crippen LogP contribution in [0.15, 0.2) is 42.5 Å². The van der Waals surface area contributed by atoms with Gasteiger partial charge in [0.15, 0.2) is 0 Å². The normalized spacial score (nSPS) is 20.7. The van der Waals surface area contributed by atoms with Crippen molar-refractivity contribution in [3.8, 4) is 5.75 Å². The number of benzene rings is 2. The fraction of sp³-hybridized carbons (Fsp3) is 0.333. The minimum Gasteiger partial charge on any atom is -0.496 e. The molecule has 110 valence electrons. The van der Waals surface area contributed by atoms with Gasteiger partial charge in [-0.1, -0.05) is 23.7 Å². The summed E-state index contributed by atoms with van der Waals surface area (Å²) in [7, 11) is 1.71. The highest BCUT2D eigenvalue weighted by Crippen LogP contribution is 2.39. The maximum Gasteiger partial charge on any atom is 0.121 e. The summed E-state index contributed by atoms with van der Waals surface area (Å²) in [5.41, 5.74) is 3.68. The van der Waals surface area contributed by atoms with E-state index in [0.29, 0.717) is 12.0 Å². The van der Waals surface area contributed by atoms with E-state index in [4.69, 9.17) is 16.3 Å². The molecule has 1 aliphatic rings. The highest BCUT2D eigenvalue weighted by molar-refractivity contribution is 6.30. The zero-order valence-corrected chi connectivity index (χ0v) is 13.2. The molecule has 0 spiro atoms. The Balaban J connectivity index is 1.58. The van der Waals surface area contributed by atoms with Crippen LogP contribution in [0.4, 0.5) is 5.69 Å². The molecule has 1 fully saturated rings. The number of anilines is 1. The van der Waals surface area contributed by atoms with Crippen molar-refractivity contribution in [2.45, 2.75) is 31.7 Å². The predicted octanol–water partition coefficient (Wildman–Crippen LogP) is 5.02. The average Bonchev–Trinajstić information content (AvgIpc) is 2.42. The first-order valence-electron chi connectivity index (χ1n) is 7.32. The van der Waals surface area contributed by atoms with Crippen molar-refractivity contribution in [2.24, 2.45) is 0 Å². The predicted molar refractivity (Wildman–Crippen MR) is 88.6 cm³/mol. The van der Waals surface area contributed by atoms with Crippen molar-refractivity contribution in [3.05, 3.63) is 58.6 Å². The van der Waals surface area contributed by atoms with Crippen molar-refractivity contribution >= 4 is 17.3 Å². The van der Waals surface area contributed by atoms with E-state index in [-0.39, 0.29) is 0 Å². The summed E-state index contributed by atoms with van der Waals surface area (Å²) < 4.78 is 5.29. The number of methoxy groups -OCH3 is 1. The molecule has 0 radical (unpaired) electrons. The van der Waals surface area contributed by atoms with Crippen molar-refractivity contribution in [2.75, 3.05) is 12.4 Å². The summed E-state index contributed by atoms with van der Waals surface area (Å²) in [4.78, 5) is 0. The quantitative estimate of drug-likeness (QED) is 0.856. The minimum absolute atomic E-state index is 0.543. The van der Waals surface area contributed by atoms with E-state index in [0.717, 1.165) is 29.2 Å². The molecule has 1 N–H and O–H groups in total. The monoisotopic (exact) mass is 301 g/mol. The van der Waals surface area contributed by atoms with Gasteiger partial charge >= 0.3 is 0 Å². The molecule has 2 aromatic rings. The first-order valence-corrected chi connectivity index (χ1v) is 7.70. The summed E-state index contributed by atoms with van der Waals surface area (Å²) in [6, 6.07) is 15.0. The second-order valence-corrected chi connectivity index (χ2v) is 6.19. The third kappa shape index (κ3) is 3.16. The molecule has 1 aliphatic carbocycles. The second-order valence-electron chi connectivity index (χ2n) is 5.75. The van der Waals surface area contributed by atoms with Crippen molar-refractivity contribution in [3.63, 3.8) is 0 Å². The molecule has 21 heavy (non-hydrogen) atoms. The maximum atomic E-state index is 6.05. The lowest BCUT2D eigenvalue weighted by Crippen LogP contribution is -2.34. The number of hydrogen-bond acceptors (Lipinski definition) is 2. The largest absolute Gasteiger partial charge is 0.496 e. The van der Waals surface area contributed by atoms with Gasteiger partial charge in [-0.3, -0.25) is 0 Å². The Morgan fingerprint density at radius 1 is 1.14 bits per heavy atom. The third-order valence-electron chi connectivity index (χ3n) is 4.22. The number of halogens is 1. The number of ether oxygens (including phenoxy) is 1. The van der Waals surface area contributed by atoms with Gasteiger partial charge in [-0.05, 0) is 67.1 Å². The van der Waals surface area contributed by atoms with Gasteiger partial charge in [0.2, 0.25) is 0 Å². The number of hydrogen-bond donors (Lipinski definition) is 1. The molecule has 0 aliphatic heterocycles. The third-order valence-corrected chi connectivity index (χ3v) is 4.46. The van der Waals surface area contributed by atoms with Crippen LogP contribution in [0.1, 0.15) is 29.9 Å². The van der Waals surface area contributed by atoms with Gasteiger partial charge in [0.1, 0.15) is 5.75 Å². The van der Waals surface area contributed by atoms with Crippen LogP contribution in [0.2, 0.25) is 5.02 Å². The fourth-order valence-corrected chi connectivity index (χ4v) is 3.17. The van der Waals surface area contributed by atoms with Crippen LogP contribution in [-0.2, 0) is 0 Å². The molecule has 0 unspecified atom stereocenters. The van der Waals surface area contributed by atoms with E-state index >= 15 is 0 Å². The smallest absolute Gasteiger partial charge is 0.121 e. The summed E-state index contributed by atoms with van der Waals surface area (Å²) in [6.45, 7) is 2.07. The lowest BCUT2D eigenvalue weighted by Gasteiger charge is -2.37. The van der Waals surface area contributed by atoms with Crippen molar-refractivity contribution in [1.82, 2.24) is 0 Å². The van der Waals surface area contributed by atoms with Gasteiger partial charge in [0.25, 0.3) is 0 Å². The van der Waals surface area contributed by atoms with E-state index in [1.54, 1.807) is 7.11 Å². The van der Waals surface area contributed by atoms with Crippen LogP contribution < -0.4 is 10.1 Å². The molecule has 1 saturated carbocycles. The summed E-state index contributed by atoms with van der Waals surface area (Å²) >= 11 is 6.05. The molecule has 2 aromatic carbocycles. The highest BCUT2D eigenvalue weighted by Gasteiger charge is 2.30. The summed E-state index contributed by atoms with van der Waals surface area (Å²) in [5, 5.41) is 4.42. The van der Waals surface area contributed by atoms with E-state index in [9.17, 15) is 0 Å². The van der Waals surface area contributed by atoms with Crippen LogP contribution in [0.3, 0.4) is 0 Å². The minimum atomic E-state index is 0.543. The van der Waals surface area contributed by atoms with Crippen molar-refractivity contribution in [1.29, 1.82) is 0 Å². The molecule has 0 atom stereocenters. The molecule has 2 nitrogen and oxygen atoms in total. The lowest BCUT2D eigenvalue weighted by molar-refractivity contribution is 0.374. The van der Waals surface area contributed by atoms with Gasteiger partial charge in [-0.2, -0.15) is 0 Å². The highest BCUT2D eigenvalue weighted by atomic mass is 35.5. The van der Waals surface area contributed by atoms with Crippen molar-refractivity contribution < 1.29 is 4.74 Å². The van der Waals surface area contributed by atoms with Crippen LogP contribution in [0.25, 0.3) is 0 Å². The molecule has 0 bridgehead atoms. The Morgan fingerprint density at radius 2 is 1.95 bits per heavy atom. The average molecular weight is 302 g/mol. The van der Waals surface area contributed by atoms with Gasteiger partial charge in [0.05, 0.1) is 7.11 Å². The van der Waals surface area contributed by atoms with Gasteiger partial charge in [-0.25, -0.2) is 0 Å². The molecule has 0 heterocycles. The zero-order valence-electron chi connectivity index (χ0n) is 12.4. The zero-order chi connectivity index (χ0) is 14.8. The SMILES string of the molecule is COc1ccc(NC2CC(c3cccc(Cl)c3)C2)cc1C. The molecule has 0 amide bonds. The van der Waals surface area contributed by atoms with Gasteiger partial charge < -0.3 is 10.1 Å². The number of rotatable bonds is 4. The molecule has 3 rings (SSSR count). The summed E-state index contributed by atoms with van der Waals surface area (Å²) in [6.07, 6.45) is 2.32. The van der Waals surface area contributed by atoms with Gasteiger partial charge in [0, 0.05) is 16.8 Å². The van der Waals surface area contributed by atoms with E-state index in [2.05, 4.69) is 36.5 Å². The van der Waals surface area contributed by atoms with Crippen LogP contribution in [0.5, 0.6) is 5.75 Å². The lowest BCUT2D eigenvalue weighted by atomic mass is 9.76. The fourth-order valence-electron chi connectivity index (χ4n) is 2.97. The van der Waals surface area contributed by atoms with E-state index in [1.165, 1.54) is 11.3 Å². The van der Waals surface area contributed by atoms with Crippen LogP contribution >= 0.6 is 11.6 Å². The molecular formula is C18H20ClNO. The molecule has 0 saturated heterocycles. The molecule has 3 heteroatoms. The second kappa shape index (κ2) is 5.98. The standard InChI is InChI=1S/C18H20ClNO/c1-12-8-16(6-7-18(12)21-2)20-17-10-14(11-17)13-4-3-5-15(19)9-13/h3-9,14,17,20H,10-11H2,1-2H3. The van der Waals surface area contributed by atoms with Crippen LogP contribution in [0, 0.1) is 6.92 Å². The molecular weight excluding hydrogens is 282 g/mol. The number of nitrogens with one attached hydrogen (secondary N) is 1. The Hall–Kier alpha value is -1.67. The Morgan fingerprint density at radius 3 is 2.62 bits per heavy atom. The van der Waals surface area contributed by atoms with E-state index < -0.39 is 0 Å². The van der Waals surface area contributed by atoms with Gasteiger partial charge in [-0.15, -0.1) is 0 Å². The van der Waals surface area contributed by atoms with Crippen LogP contribution in [-0.4, -0.2) is 13.2 Å². The molecule has 0 aromatic heterocycles. The maximum absolute atomic E-state index is 6.05. The number of aryl methyl sites for hydroxylation is 1. The topological polar surface area (TPSA) is 21.3 Å². The first-order chi connectivity index (χ1) is 10.2. The summed E-state index contributed by atoms with van der Waals surface area (Å²) in [5.74, 6) is 1.56. The Kier molecular flexibility index (Phi) is 4.07. The Bertz CT molecular complexity index is 635.